The number of hydrogen-bond acceptors (Lipinski definition) is 5. The van der Waals surface area contributed by atoms with Gasteiger partial charge in [0, 0.05) is 23.9 Å². The molecule has 0 spiro atoms. The predicted octanol–water partition coefficient (Wildman–Crippen LogP) is 2.18. The quantitative estimate of drug-likeness (QED) is 0.760. The molecule has 3 rings (SSSR count). The first-order valence-electron chi connectivity index (χ1n) is 7.56. The topological polar surface area (TPSA) is 102 Å². The van der Waals surface area contributed by atoms with Gasteiger partial charge in [0.2, 0.25) is 5.91 Å². The van der Waals surface area contributed by atoms with Crippen LogP contribution in [-0.2, 0) is 4.79 Å². The molecule has 0 unspecified atom stereocenters. The lowest BCUT2D eigenvalue weighted by Gasteiger charge is -2.10. The molecule has 25 heavy (non-hydrogen) atoms. The summed E-state index contributed by atoms with van der Waals surface area (Å²) in [5.74, 6) is -0.471. The van der Waals surface area contributed by atoms with E-state index in [4.69, 9.17) is 0 Å². The lowest BCUT2D eigenvalue weighted by atomic mass is 10.1. The van der Waals surface area contributed by atoms with Crippen molar-refractivity contribution < 1.29 is 9.59 Å². The molecule has 2 N–H and O–H groups in total. The monoisotopic (exact) mass is 336 g/mol. The maximum atomic E-state index is 12.5. The van der Waals surface area contributed by atoms with Crippen LogP contribution in [0.3, 0.4) is 0 Å². The molecular formula is C17H16N6O2. The second kappa shape index (κ2) is 6.91. The Balaban J connectivity index is 1.82. The number of anilines is 2. The SMILES string of the molecule is CC(=O)Nc1cccc(C(=O)Nc2ccc(C)c(-n3cnnn3)c2)c1. The Morgan fingerprint density at radius 2 is 1.84 bits per heavy atom. The Kier molecular flexibility index (Phi) is 4.51. The summed E-state index contributed by atoms with van der Waals surface area (Å²) in [5, 5.41) is 16.6. The largest absolute Gasteiger partial charge is 0.326 e. The first-order valence-corrected chi connectivity index (χ1v) is 7.56. The maximum Gasteiger partial charge on any atom is 0.255 e. The van der Waals surface area contributed by atoms with Gasteiger partial charge in [-0.3, -0.25) is 9.59 Å². The Labute approximate surface area is 143 Å². The summed E-state index contributed by atoms with van der Waals surface area (Å²) in [6.45, 7) is 3.35. The van der Waals surface area contributed by atoms with E-state index in [0.717, 1.165) is 11.3 Å². The fourth-order valence-electron chi connectivity index (χ4n) is 2.35. The lowest BCUT2D eigenvalue weighted by Crippen LogP contribution is -2.13. The van der Waals surface area contributed by atoms with E-state index in [0.29, 0.717) is 16.9 Å². The van der Waals surface area contributed by atoms with Gasteiger partial charge < -0.3 is 10.6 Å². The number of carbonyl (C=O) groups excluding carboxylic acids is 2. The zero-order valence-electron chi connectivity index (χ0n) is 13.7. The van der Waals surface area contributed by atoms with Crippen molar-refractivity contribution in [3.63, 3.8) is 0 Å². The molecule has 8 nitrogen and oxygen atoms in total. The highest BCUT2D eigenvalue weighted by molar-refractivity contribution is 6.05. The van der Waals surface area contributed by atoms with Crippen LogP contribution in [0.1, 0.15) is 22.8 Å². The van der Waals surface area contributed by atoms with E-state index >= 15 is 0 Å². The van der Waals surface area contributed by atoms with Gasteiger partial charge in [0.25, 0.3) is 5.91 Å². The minimum absolute atomic E-state index is 0.192. The van der Waals surface area contributed by atoms with Crippen molar-refractivity contribution in [1.29, 1.82) is 0 Å². The fourth-order valence-corrected chi connectivity index (χ4v) is 2.35. The summed E-state index contributed by atoms with van der Waals surface area (Å²) in [5.41, 5.74) is 3.37. The van der Waals surface area contributed by atoms with Gasteiger partial charge >= 0.3 is 0 Å². The number of carbonyl (C=O) groups is 2. The molecule has 0 aliphatic heterocycles. The highest BCUT2D eigenvalue weighted by Gasteiger charge is 2.10. The van der Waals surface area contributed by atoms with Crippen molar-refractivity contribution in [2.24, 2.45) is 0 Å². The van der Waals surface area contributed by atoms with Crippen LogP contribution in [0.25, 0.3) is 5.69 Å². The molecule has 126 valence electrons. The van der Waals surface area contributed by atoms with E-state index in [1.54, 1.807) is 36.4 Å². The summed E-state index contributed by atoms with van der Waals surface area (Å²) in [7, 11) is 0. The van der Waals surface area contributed by atoms with Crippen LogP contribution in [0.4, 0.5) is 11.4 Å². The molecule has 0 bridgehead atoms. The van der Waals surface area contributed by atoms with E-state index in [9.17, 15) is 9.59 Å². The number of hydrogen-bond donors (Lipinski definition) is 2. The zero-order chi connectivity index (χ0) is 17.8. The molecule has 0 aliphatic rings. The summed E-state index contributed by atoms with van der Waals surface area (Å²) in [6.07, 6.45) is 1.49. The number of aryl methyl sites for hydroxylation is 1. The summed E-state index contributed by atoms with van der Waals surface area (Å²) in [6, 6.07) is 12.2. The molecular weight excluding hydrogens is 320 g/mol. The third kappa shape index (κ3) is 3.86. The Hall–Kier alpha value is -3.55. The van der Waals surface area contributed by atoms with Crippen LogP contribution in [0, 0.1) is 6.92 Å². The molecule has 0 atom stereocenters. The Morgan fingerprint density at radius 3 is 2.56 bits per heavy atom. The molecule has 0 fully saturated rings. The average Bonchev–Trinajstić information content (AvgIpc) is 3.10. The first-order chi connectivity index (χ1) is 12.0. The van der Waals surface area contributed by atoms with Crippen LogP contribution in [0.5, 0.6) is 0 Å². The van der Waals surface area contributed by atoms with Gasteiger partial charge in [-0.1, -0.05) is 12.1 Å². The Bertz CT molecular complexity index is 921. The number of nitrogens with one attached hydrogen (secondary N) is 2. The third-order valence-corrected chi connectivity index (χ3v) is 3.51. The molecule has 0 saturated carbocycles. The van der Waals surface area contributed by atoms with Crippen molar-refractivity contribution >= 4 is 23.2 Å². The number of rotatable bonds is 4. The van der Waals surface area contributed by atoms with E-state index in [1.165, 1.54) is 17.9 Å². The van der Waals surface area contributed by atoms with Gasteiger partial charge in [0.05, 0.1) is 5.69 Å². The van der Waals surface area contributed by atoms with Gasteiger partial charge in [-0.15, -0.1) is 5.10 Å². The van der Waals surface area contributed by atoms with E-state index < -0.39 is 0 Å². The minimum Gasteiger partial charge on any atom is -0.326 e. The number of nitrogens with zero attached hydrogens (tertiary/aromatic N) is 4. The van der Waals surface area contributed by atoms with E-state index in [-0.39, 0.29) is 11.8 Å². The number of benzene rings is 2. The van der Waals surface area contributed by atoms with Crippen molar-refractivity contribution in [3.05, 3.63) is 59.9 Å². The standard InChI is InChI=1S/C17H16N6O2/c1-11-6-7-15(9-16(11)23-10-18-21-22-23)20-17(25)13-4-3-5-14(8-13)19-12(2)24/h3-10H,1-2H3,(H,19,24)(H,20,25). The van der Waals surface area contributed by atoms with Crippen LogP contribution < -0.4 is 10.6 Å². The first kappa shape index (κ1) is 16.3. The molecule has 2 aromatic carbocycles. The van der Waals surface area contributed by atoms with Crippen molar-refractivity contribution in [3.8, 4) is 5.69 Å². The average molecular weight is 336 g/mol. The molecule has 0 aliphatic carbocycles. The van der Waals surface area contributed by atoms with E-state index in [1.807, 2.05) is 13.0 Å². The van der Waals surface area contributed by atoms with Crippen LogP contribution in [-0.4, -0.2) is 32.0 Å². The van der Waals surface area contributed by atoms with Gasteiger partial charge in [-0.05, 0) is 53.2 Å². The predicted molar refractivity (Wildman–Crippen MR) is 92.6 cm³/mol. The minimum atomic E-state index is -0.279. The molecule has 2 amide bonds. The fraction of sp³-hybridized carbons (Fsp3) is 0.118. The molecule has 0 radical (unpaired) electrons. The smallest absolute Gasteiger partial charge is 0.255 e. The number of amides is 2. The Morgan fingerprint density at radius 1 is 1.04 bits per heavy atom. The highest BCUT2D eigenvalue weighted by Crippen LogP contribution is 2.19. The van der Waals surface area contributed by atoms with Gasteiger partial charge in [0.1, 0.15) is 6.33 Å². The number of tetrazole rings is 1. The van der Waals surface area contributed by atoms with Gasteiger partial charge in [-0.2, -0.15) is 0 Å². The zero-order valence-corrected chi connectivity index (χ0v) is 13.7. The van der Waals surface area contributed by atoms with Crippen molar-refractivity contribution in [2.75, 3.05) is 10.6 Å². The molecule has 1 aromatic heterocycles. The highest BCUT2D eigenvalue weighted by atomic mass is 16.2. The second-order valence-corrected chi connectivity index (χ2v) is 5.47. The molecule has 0 saturated heterocycles. The lowest BCUT2D eigenvalue weighted by molar-refractivity contribution is -0.114. The second-order valence-electron chi connectivity index (χ2n) is 5.47. The van der Waals surface area contributed by atoms with Crippen molar-refractivity contribution in [1.82, 2.24) is 20.2 Å². The van der Waals surface area contributed by atoms with Crippen LogP contribution in [0.15, 0.2) is 48.8 Å². The van der Waals surface area contributed by atoms with Crippen molar-refractivity contribution in [2.45, 2.75) is 13.8 Å². The van der Waals surface area contributed by atoms with Crippen LogP contribution in [0.2, 0.25) is 0 Å². The van der Waals surface area contributed by atoms with Gasteiger partial charge in [-0.25, -0.2) is 4.68 Å². The summed E-state index contributed by atoms with van der Waals surface area (Å²) >= 11 is 0. The normalized spacial score (nSPS) is 10.3. The summed E-state index contributed by atoms with van der Waals surface area (Å²) in [4.78, 5) is 23.6. The summed E-state index contributed by atoms with van der Waals surface area (Å²) < 4.78 is 1.53. The molecule has 3 aromatic rings. The molecule has 1 heterocycles. The van der Waals surface area contributed by atoms with E-state index in [2.05, 4.69) is 26.2 Å². The maximum absolute atomic E-state index is 12.5. The van der Waals surface area contributed by atoms with Crippen LogP contribution >= 0.6 is 0 Å². The van der Waals surface area contributed by atoms with Gasteiger partial charge in [0.15, 0.2) is 0 Å². The molecule has 8 heteroatoms. The third-order valence-electron chi connectivity index (χ3n) is 3.51. The number of aromatic nitrogens is 4.